The van der Waals surface area contributed by atoms with Gasteiger partial charge in [-0.25, -0.2) is 4.68 Å². The van der Waals surface area contributed by atoms with Crippen molar-refractivity contribution in [3.63, 3.8) is 0 Å². The number of nitrogens with zero attached hydrogens (tertiary/aromatic N) is 5. The molecule has 2 aliphatic rings. The number of piperazine rings is 1. The molecule has 0 bridgehead atoms. The molecule has 1 saturated carbocycles. The first-order valence-corrected chi connectivity index (χ1v) is 13.1. The third kappa shape index (κ3) is 6.00. The summed E-state index contributed by atoms with van der Waals surface area (Å²) in [5, 5.41) is 7.25. The van der Waals surface area contributed by atoms with Crippen molar-refractivity contribution in [2.24, 2.45) is 0 Å². The van der Waals surface area contributed by atoms with E-state index in [0.717, 1.165) is 31.2 Å². The molecule has 1 saturated heterocycles. The largest absolute Gasteiger partial charge is 0.310 e. The summed E-state index contributed by atoms with van der Waals surface area (Å²) in [6.45, 7) is 2.68. The first kappa shape index (κ1) is 23.9. The Morgan fingerprint density at radius 1 is 1.06 bits per heavy atom. The second-order valence-corrected chi connectivity index (χ2v) is 10.9. The molecule has 1 amide bonds. The quantitative estimate of drug-likeness (QED) is 0.632. The molecule has 0 radical (unpaired) electrons. The highest BCUT2D eigenvalue weighted by Gasteiger charge is 2.34. The normalized spacial score (nSPS) is 19.1. The minimum absolute atomic E-state index is 0.105. The van der Waals surface area contributed by atoms with Gasteiger partial charge in [0.15, 0.2) is 0 Å². The van der Waals surface area contributed by atoms with Gasteiger partial charge in [-0.3, -0.25) is 9.69 Å². The van der Waals surface area contributed by atoms with E-state index in [2.05, 4.69) is 10.4 Å². The van der Waals surface area contributed by atoms with Crippen molar-refractivity contribution in [3.05, 3.63) is 48.2 Å². The Labute approximate surface area is 196 Å². The Morgan fingerprint density at radius 3 is 2.45 bits per heavy atom. The molecule has 1 aliphatic heterocycles. The molecule has 0 spiro atoms. The van der Waals surface area contributed by atoms with E-state index in [-0.39, 0.29) is 18.5 Å². The Balaban J connectivity index is 1.26. The zero-order valence-corrected chi connectivity index (χ0v) is 20.1. The SMILES string of the molecule is CN(C1CCCCC1)S(=O)(=O)N1CCN(CC(=O)Nc2ccnn2Cc2ccccc2)CC1. The smallest absolute Gasteiger partial charge is 0.282 e. The fraction of sp³-hybridized carbons (Fsp3) is 0.565. The number of hydrogen-bond acceptors (Lipinski definition) is 5. The summed E-state index contributed by atoms with van der Waals surface area (Å²) in [5.41, 5.74) is 1.10. The lowest BCUT2D eigenvalue weighted by atomic mass is 9.96. The summed E-state index contributed by atoms with van der Waals surface area (Å²) >= 11 is 0. The van der Waals surface area contributed by atoms with E-state index >= 15 is 0 Å². The van der Waals surface area contributed by atoms with Crippen LogP contribution in [0.2, 0.25) is 0 Å². The van der Waals surface area contributed by atoms with E-state index in [1.54, 1.807) is 32.6 Å². The first-order chi connectivity index (χ1) is 15.9. The number of nitrogens with one attached hydrogen (secondary N) is 1. The molecule has 180 valence electrons. The zero-order valence-electron chi connectivity index (χ0n) is 19.3. The maximum atomic E-state index is 13.1. The second kappa shape index (κ2) is 10.8. The highest BCUT2D eigenvalue weighted by molar-refractivity contribution is 7.86. The number of carbonyl (C=O) groups excluding carboxylic acids is 1. The zero-order chi connectivity index (χ0) is 23.3. The average Bonchev–Trinajstić information content (AvgIpc) is 3.26. The molecular formula is C23H34N6O3S. The number of carbonyl (C=O) groups is 1. The van der Waals surface area contributed by atoms with Crippen LogP contribution in [0.1, 0.15) is 37.7 Å². The van der Waals surface area contributed by atoms with Crippen LogP contribution in [0.5, 0.6) is 0 Å². The third-order valence-electron chi connectivity index (χ3n) is 6.64. The van der Waals surface area contributed by atoms with Gasteiger partial charge in [0.1, 0.15) is 5.82 Å². The monoisotopic (exact) mass is 474 g/mol. The topological polar surface area (TPSA) is 90.8 Å². The van der Waals surface area contributed by atoms with Gasteiger partial charge in [0.2, 0.25) is 5.91 Å². The first-order valence-electron chi connectivity index (χ1n) is 11.7. The van der Waals surface area contributed by atoms with Crippen molar-refractivity contribution in [1.29, 1.82) is 0 Å². The molecule has 0 unspecified atom stereocenters. The Kier molecular flexibility index (Phi) is 7.79. The van der Waals surface area contributed by atoms with Crippen LogP contribution < -0.4 is 5.32 Å². The summed E-state index contributed by atoms with van der Waals surface area (Å²) < 4.78 is 31.0. The minimum Gasteiger partial charge on any atom is -0.310 e. The Bertz CT molecular complexity index is 1010. The van der Waals surface area contributed by atoms with Crippen LogP contribution in [0, 0.1) is 0 Å². The molecule has 4 rings (SSSR count). The molecule has 10 heteroatoms. The van der Waals surface area contributed by atoms with E-state index in [1.807, 2.05) is 35.2 Å². The van der Waals surface area contributed by atoms with Crippen molar-refractivity contribution in [2.75, 3.05) is 45.1 Å². The van der Waals surface area contributed by atoms with Crippen molar-refractivity contribution in [1.82, 2.24) is 23.3 Å². The maximum absolute atomic E-state index is 13.1. The van der Waals surface area contributed by atoms with Crippen LogP contribution in [0.3, 0.4) is 0 Å². The predicted molar refractivity (Wildman–Crippen MR) is 128 cm³/mol. The highest BCUT2D eigenvalue weighted by Crippen LogP contribution is 2.25. The van der Waals surface area contributed by atoms with Crippen LogP contribution in [0.4, 0.5) is 5.82 Å². The second-order valence-electron chi connectivity index (χ2n) is 8.90. The van der Waals surface area contributed by atoms with Gasteiger partial charge in [-0.2, -0.15) is 22.1 Å². The third-order valence-corrected chi connectivity index (χ3v) is 8.68. The lowest BCUT2D eigenvalue weighted by Gasteiger charge is -2.38. The summed E-state index contributed by atoms with van der Waals surface area (Å²) in [6, 6.07) is 11.8. The van der Waals surface area contributed by atoms with E-state index < -0.39 is 10.2 Å². The summed E-state index contributed by atoms with van der Waals surface area (Å²) in [6.07, 6.45) is 6.94. The van der Waals surface area contributed by atoms with Crippen LogP contribution in [0.25, 0.3) is 0 Å². The van der Waals surface area contributed by atoms with Gasteiger partial charge in [-0.1, -0.05) is 49.6 Å². The molecule has 1 aliphatic carbocycles. The van der Waals surface area contributed by atoms with Crippen LogP contribution >= 0.6 is 0 Å². The van der Waals surface area contributed by atoms with Crippen LogP contribution in [0.15, 0.2) is 42.6 Å². The van der Waals surface area contributed by atoms with E-state index in [4.69, 9.17) is 0 Å². The van der Waals surface area contributed by atoms with E-state index in [9.17, 15) is 13.2 Å². The number of anilines is 1. The van der Waals surface area contributed by atoms with Gasteiger partial charge in [0.25, 0.3) is 10.2 Å². The number of amides is 1. The van der Waals surface area contributed by atoms with Gasteiger partial charge in [-0.15, -0.1) is 0 Å². The molecule has 1 aromatic heterocycles. The Morgan fingerprint density at radius 2 is 1.76 bits per heavy atom. The maximum Gasteiger partial charge on any atom is 0.282 e. The molecule has 33 heavy (non-hydrogen) atoms. The van der Waals surface area contributed by atoms with Gasteiger partial charge < -0.3 is 5.32 Å². The van der Waals surface area contributed by atoms with Gasteiger partial charge in [-0.05, 0) is 18.4 Å². The molecule has 0 atom stereocenters. The number of benzene rings is 1. The van der Waals surface area contributed by atoms with Crippen LogP contribution in [-0.2, 0) is 21.5 Å². The lowest BCUT2D eigenvalue weighted by molar-refractivity contribution is -0.117. The molecule has 2 aromatic rings. The van der Waals surface area contributed by atoms with Gasteiger partial charge in [0.05, 0.1) is 19.3 Å². The minimum atomic E-state index is -3.46. The summed E-state index contributed by atoms with van der Waals surface area (Å²) in [4.78, 5) is 14.6. The molecule has 1 aromatic carbocycles. The number of aromatic nitrogens is 2. The average molecular weight is 475 g/mol. The number of hydrogen-bond donors (Lipinski definition) is 1. The lowest BCUT2D eigenvalue weighted by Crippen LogP contribution is -2.55. The molecule has 2 heterocycles. The standard InChI is InChI=1S/C23H34N6O3S/c1-26(21-10-6-3-7-11-21)33(31,32)28-16-14-27(15-17-28)19-23(30)25-22-12-13-24-29(22)18-20-8-4-2-5-9-20/h2,4-5,8-9,12-13,21H,3,6-7,10-11,14-19H2,1H3,(H,25,30). The molecular weight excluding hydrogens is 440 g/mol. The summed E-state index contributed by atoms with van der Waals surface area (Å²) in [7, 11) is -1.75. The van der Waals surface area contributed by atoms with E-state index in [0.29, 0.717) is 38.5 Å². The molecule has 2 fully saturated rings. The molecule has 1 N–H and O–H groups in total. The van der Waals surface area contributed by atoms with Crippen molar-refractivity contribution < 1.29 is 13.2 Å². The fourth-order valence-corrected chi connectivity index (χ4v) is 6.22. The van der Waals surface area contributed by atoms with Gasteiger partial charge in [0, 0.05) is 45.3 Å². The fourth-order valence-electron chi connectivity index (χ4n) is 4.64. The van der Waals surface area contributed by atoms with Crippen LogP contribution in [-0.4, -0.2) is 83.4 Å². The van der Waals surface area contributed by atoms with E-state index in [1.165, 1.54) is 6.42 Å². The van der Waals surface area contributed by atoms with Crippen molar-refractivity contribution in [2.45, 2.75) is 44.7 Å². The summed E-state index contributed by atoms with van der Waals surface area (Å²) in [5.74, 6) is 0.527. The number of rotatable bonds is 8. The highest BCUT2D eigenvalue weighted by atomic mass is 32.2. The molecule has 9 nitrogen and oxygen atoms in total. The Hall–Kier alpha value is -2.27. The predicted octanol–water partition coefficient (Wildman–Crippen LogP) is 2.00. The van der Waals surface area contributed by atoms with Crippen molar-refractivity contribution in [3.8, 4) is 0 Å². The van der Waals surface area contributed by atoms with Gasteiger partial charge >= 0.3 is 0 Å². The van der Waals surface area contributed by atoms with Crippen molar-refractivity contribution >= 4 is 21.9 Å².